The van der Waals surface area contributed by atoms with Gasteiger partial charge in [0.05, 0.1) is 5.69 Å². The van der Waals surface area contributed by atoms with Gasteiger partial charge in [0.15, 0.2) is 0 Å². The molecule has 0 fully saturated rings. The van der Waals surface area contributed by atoms with Crippen molar-refractivity contribution in [2.45, 2.75) is 32.9 Å². The topological polar surface area (TPSA) is 84.1 Å². The van der Waals surface area contributed by atoms with Crippen molar-refractivity contribution < 1.29 is 9.94 Å². The molecular formula is C17H18BrN3O3. The van der Waals surface area contributed by atoms with Crippen molar-refractivity contribution in [1.82, 2.24) is 4.98 Å². The van der Waals surface area contributed by atoms with Crippen LogP contribution in [0.5, 0.6) is 5.75 Å². The average Bonchev–Trinajstić information content (AvgIpc) is 2.51. The minimum atomic E-state index is -0.523. The van der Waals surface area contributed by atoms with Gasteiger partial charge in [-0.15, -0.1) is 0 Å². The number of halogens is 1. The first-order chi connectivity index (χ1) is 11.3. The molecule has 2 aromatic rings. The maximum absolute atomic E-state index is 10.7. The summed E-state index contributed by atoms with van der Waals surface area (Å²) in [4.78, 5) is 20.6. The SMILES string of the molecule is CC(C)(C)ON=C(c1cc(Br)ccc1O)c1ncccc1CN=O. The van der Waals surface area contributed by atoms with E-state index in [9.17, 15) is 10.0 Å². The maximum atomic E-state index is 10.7. The minimum Gasteiger partial charge on any atom is -0.507 e. The molecular weight excluding hydrogens is 374 g/mol. The Bertz CT molecular complexity index is 770. The Kier molecular flexibility index (Phi) is 5.66. The van der Waals surface area contributed by atoms with E-state index in [1.54, 1.807) is 36.5 Å². The lowest BCUT2D eigenvalue weighted by Crippen LogP contribution is -2.18. The highest BCUT2D eigenvalue weighted by Gasteiger charge is 2.20. The van der Waals surface area contributed by atoms with Crippen LogP contribution in [-0.2, 0) is 11.4 Å². The van der Waals surface area contributed by atoms with Gasteiger partial charge < -0.3 is 9.94 Å². The molecule has 0 unspecified atom stereocenters. The first-order valence-electron chi connectivity index (χ1n) is 7.30. The van der Waals surface area contributed by atoms with Gasteiger partial charge >= 0.3 is 0 Å². The van der Waals surface area contributed by atoms with Crippen LogP contribution < -0.4 is 0 Å². The number of aromatic hydroxyl groups is 1. The average molecular weight is 392 g/mol. The number of rotatable bonds is 5. The van der Waals surface area contributed by atoms with Crippen molar-refractivity contribution in [2.24, 2.45) is 10.3 Å². The van der Waals surface area contributed by atoms with E-state index in [0.717, 1.165) is 4.47 Å². The Morgan fingerprint density at radius 1 is 1.33 bits per heavy atom. The zero-order chi connectivity index (χ0) is 17.7. The molecule has 0 saturated carbocycles. The number of aromatic nitrogens is 1. The molecule has 0 aliphatic rings. The van der Waals surface area contributed by atoms with E-state index in [-0.39, 0.29) is 12.3 Å². The second-order valence-electron chi connectivity index (χ2n) is 6.10. The number of nitroso groups, excluding NO2 is 1. The largest absolute Gasteiger partial charge is 0.507 e. The Labute approximate surface area is 148 Å². The van der Waals surface area contributed by atoms with Crippen LogP contribution >= 0.6 is 15.9 Å². The Hall–Kier alpha value is -2.28. The number of oxime groups is 1. The fourth-order valence-corrected chi connectivity index (χ4v) is 2.31. The molecule has 0 spiro atoms. The third kappa shape index (κ3) is 4.61. The summed E-state index contributed by atoms with van der Waals surface area (Å²) in [6.45, 7) is 5.54. The molecule has 2 rings (SSSR count). The summed E-state index contributed by atoms with van der Waals surface area (Å²) >= 11 is 3.38. The fraction of sp³-hybridized carbons (Fsp3) is 0.294. The molecule has 0 atom stereocenters. The normalized spacial score (nSPS) is 12.1. The predicted molar refractivity (Wildman–Crippen MR) is 96.0 cm³/mol. The molecule has 126 valence electrons. The molecule has 1 heterocycles. The lowest BCUT2D eigenvalue weighted by atomic mass is 10.0. The van der Waals surface area contributed by atoms with Crippen molar-refractivity contribution in [3.8, 4) is 5.75 Å². The highest BCUT2D eigenvalue weighted by molar-refractivity contribution is 9.10. The van der Waals surface area contributed by atoms with Crippen LogP contribution in [0.25, 0.3) is 0 Å². The van der Waals surface area contributed by atoms with E-state index >= 15 is 0 Å². The highest BCUT2D eigenvalue weighted by atomic mass is 79.9. The van der Waals surface area contributed by atoms with E-state index in [0.29, 0.717) is 22.5 Å². The summed E-state index contributed by atoms with van der Waals surface area (Å²) in [6.07, 6.45) is 1.59. The van der Waals surface area contributed by atoms with E-state index in [1.165, 1.54) is 0 Å². The number of phenolic OH excluding ortho intramolecular Hbond substituents is 1. The van der Waals surface area contributed by atoms with Gasteiger partial charge in [0.25, 0.3) is 0 Å². The van der Waals surface area contributed by atoms with Gasteiger partial charge in [0.1, 0.15) is 23.6 Å². The summed E-state index contributed by atoms with van der Waals surface area (Å²) in [7, 11) is 0. The lowest BCUT2D eigenvalue weighted by Gasteiger charge is -2.18. The molecule has 6 nitrogen and oxygen atoms in total. The van der Waals surface area contributed by atoms with Crippen LogP contribution in [0.1, 0.15) is 37.6 Å². The van der Waals surface area contributed by atoms with Gasteiger partial charge in [-0.2, -0.15) is 4.91 Å². The number of hydrogen-bond acceptors (Lipinski definition) is 6. The monoisotopic (exact) mass is 391 g/mol. The van der Waals surface area contributed by atoms with Crippen LogP contribution in [0.15, 0.2) is 51.3 Å². The van der Waals surface area contributed by atoms with Crippen LogP contribution in [0.4, 0.5) is 0 Å². The van der Waals surface area contributed by atoms with Crippen LogP contribution in [0.2, 0.25) is 0 Å². The van der Waals surface area contributed by atoms with Gasteiger partial charge in [-0.25, -0.2) is 0 Å². The summed E-state index contributed by atoms with van der Waals surface area (Å²) in [6, 6.07) is 8.44. The standard InChI is InChI=1S/C17H18BrN3O3/c1-17(2,3)24-21-16(13-9-12(18)6-7-14(13)22)15-11(10-20-23)5-4-8-19-15/h4-9,22H,10H2,1-3H3. The quantitative estimate of drug-likeness (QED) is 0.465. The van der Waals surface area contributed by atoms with Crippen LogP contribution in [0, 0.1) is 4.91 Å². The number of nitrogens with zero attached hydrogens (tertiary/aromatic N) is 3. The van der Waals surface area contributed by atoms with Gasteiger partial charge in [0.2, 0.25) is 0 Å². The molecule has 1 aromatic heterocycles. The van der Waals surface area contributed by atoms with Gasteiger partial charge in [0, 0.05) is 21.8 Å². The molecule has 1 aromatic carbocycles. The van der Waals surface area contributed by atoms with Crippen molar-refractivity contribution in [3.05, 3.63) is 62.7 Å². The summed E-state index contributed by atoms with van der Waals surface area (Å²) in [5.74, 6) is 0.0325. The molecule has 0 aliphatic heterocycles. The predicted octanol–water partition coefficient (Wildman–Crippen LogP) is 4.38. The molecule has 24 heavy (non-hydrogen) atoms. The number of pyridine rings is 1. The van der Waals surface area contributed by atoms with Crippen molar-refractivity contribution >= 4 is 21.6 Å². The van der Waals surface area contributed by atoms with E-state index in [4.69, 9.17) is 4.84 Å². The van der Waals surface area contributed by atoms with Gasteiger partial charge in [-0.3, -0.25) is 4.98 Å². The van der Waals surface area contributed by atoms with Crippen molar-refractivity contribution in [1.29, 1.82) is 0 Å². The summed E-state index contributed by atoms with van der Waals surface area (Å²) in [5, 5.41) is 17.4. The third-order valence-corrected chi connectivity index (χ3v) is 3.47. The van der Waals surface area contributed by atoms with Crippen LogP contribution in [0.3, 0.4) is 0 Å². The summed E-state index contributed by atoms with van der Waals surface area (Å²) in [5.41, 5.74) is 1.30. The first kappa shape index (κ1) is 18.1. The Balaban J connectivity index is 2.64. The number of benzene rings is 1. The smallest absolute Gasteiger partial charge is 0.139 e. The molecule has 7 heteroatoms. The molecule has 0 aliphatic carbocycles. The fourth-order valence-electron chi connectivity index (χ4n) is 1.95. The maximum Gasteiger partial charge on any atom is 0.139 e. The molecule has 0 bridgehead atoms. The van der Waals surface area contributed by atoms with Crippen molar-refractivity contribution in [2.75, 3.05) is 0 Å². The van der Waals surface area contributed by atoms with E-state index in [2.05, 4.69) is 31.2 Å². The minimum absolute atomic E-state index is 0.0325. The molecule has 0 radical (unpaired) electrons. The second kappa shape index (κ2) is 7.53. The molecule has 1 N–H and O–H groups in total. The Morgan fingerprint density at radius 3 is 2.75 bits per heavy atom. The van der Waals surface area contributed by atoms with Crippen LogP contribution in [-0.4, -0.2) is 21.4 Å². The van der Waals surface area contributed by atoms with E-state index < -0.39 is 5.60 Å². The highest BCUT2D eigenvalue weighted by Crippen LogP contribution is 2.26. The second-order valence-corrected chi connectivity index (χ2v) is 7.02. The third-order valence-electron chi connectivity index (χ3n) is 2.97. The number of phenols is 1. The lowest BCUT2D eigenvalue weighted by molar-refractivity contribution is 0.00110. The first-order valence-corrected chi connectivity index (χ1v) is 8.09. The zero-order valence-electron chi connectivity index (χ0n) is 13.7. The molecule has 0 amide bonds. The van der Waals surface area contributed by atoms with E-state index in [1.807, 2.05) is 20.8 Å². The van der Waals surface area contributed by atoms with Gasteiger partial charge in [-0.1, -0.05) is 32.3 Å². The van der Waals surface area contributed by atoms with Gasteiger partial charge in [-0.05, 0) is 45.0 Å². The summed E-state index contributed by atoms with van der Waals surface area (Å²) < 4.78 is 0.768. The Morgan fingerprint density at radius 2 is 2.08 bits per heavy atom. The van der Waals surface area contributed by atoms with Crippen molar-refractivity contribution in [3.63, 3.8) is 0 Å². The zero-order valence-corrected chi connectivity index (χ0v) is 15.2. The molecule has 0 saturated heterocycles. The number of hydrogen-bond donors (Lipinski definition) is 1.